The number of rotatable bonds is 1. The molecular formula is C11H21NO. The number of hydrogen-bond acceptors (Lipinski definition) is 1. The van der Waals surface area contributed by atoms with Gasteiger partial charge in [-0.3, -0.25) is 4.79 Å². The first-order valence-corrected chi connectivity index (χ1v) is 5.27. The lowest BCUT2D eigenvalue weighted by Crippen LogP contribution is -2.31. The van der Waals surface area contributed by atoms with Crippen molar-refractivity contribution in [3.8, 4) is 0 Å². The maximum absolute atomic E-state index is 11.6. The average molecular weight is 183 g/mol. The zero-order valence-electron chi connectivity index (χ0n) is 9.02. The molecule has 0 aromatic rings. The molecular weight excluding hydrogens is 162 g/mol. The summed E-state index contributed by atoms with van der Waals surface area (Å²) in [5, 5.41) is 2.98. The van der Waals surface area contributed by atoms with Gasteiger partial charge in [0.05, 0.1) is 0 Å². The fraction of sp³-hybridized carbons (Fsp3) is 0.909. The topological polar surface area (TPSA) is 29.1 Å². The number of nitrogens with one attached hydrogen (secondary N) is 1. The van der Waals surface area contributed by atoms with Crippen molar-refractivity contribution in [1.82, 2.24) is 5.32 Å². The Hall–Kier alpha value is -0.530. The Bertz CT molecular complexity index is 181. The van der Waals surface area contributed by atoms with E-state index in [0.29, 0.717) is 0 Å². The lowest BCUT2D eigenvalue weighted by Gasteiger charge is -2.23. The Morgan fingerprint density at radius 3 is 2.69 bits per heavy atom. The van der Waals surface area contributed by atoms with Crippen molar-refractivity contribution in [3.05, 3.63) is 0 Å². The van der Waals surface area contributed by atoms with Crippen molar-refractivity contribution in [2.75, 3.05) is 6.54 Å². The molecule has 0 radical (unpaired) electrons. The van der Waals surface area contributed by atoms with Gasteiger partial charge in [-0.05, 0) is 24.7 Å². The molecule has 0 aromatic heterocycles. The smallest absolute Gasteiger partial charge is 0.223 e. The van der Waals surface area contributed by atoms with Crippen LogP contribution in [0.25, 0.3) is 0 Å². The van der Waals surface area contributed by atoms with E-state index in [2.05, 4.69) is 26.1 Å². The summed E-state index contributed by atoms with van der Waals surface area (Å²) in [6, 6.07) is 0. The highest BCUT2D eigenvalue weighted by Gasteiger charge is 2.25. The van der Waals surface area contributed by atoms with Crippen LogP contribution in [0.3, 0.4) is 0 Å². The van der Waals surface area contributed by atoms with Gasteiger partial charge < -0.3 is 5.32 Å². The first-order valence-electron chi connectivity index (χ1n) is 5.27. The Labute approximate surface area is 81.1 Å². The van der Waals surface area contributed by atoms with Crippen molar-refractivity contribution in [2.24, 2.45) is 11.3 Å². The van der Waals surface area contributed by atoms with Crippen molar-refractivity contribution in [2.45, 2.75) is 46.5 Å². The summed E-state index contributed by atoms with van der Waals surface area (Å²) >= 11 is 0. The Balaban J connectivity index is 2.50. The normalized spacial score (nSPS) is 25.2. The SMILES string of the molecule is CC(C)(C)CC1CCCCNC1=O. The summed E-state index contributed by atoms with van der Waals surface area (Å²) < 4.78 is 0. The monoisotopic (exact) mass is 183 g/mol. The van der Waals surface area contributed by atoms with Crippen LogP contribution >= 0.6 is 0 Å². The molecule has 1 atom stereocenters. The average Bonchev–Trinajstić information content (AvgIpc) is 2.14. The standard InChI is InChI=1S/C11H21NO/c1-11(2,3)8-9-6-4-5-7-12-10(9)13/h9H,4-8H2,1-3H3,(H,12,13). The van der Waals surface area contributed by atoms with Crippen molar-refractivity contribution in [1.29, 1.82) is 0 Å². The van der Waals surface area contributed by atoms with Gasteiger partial charge in [-0.15, -0.1) is 0 Å². The lowest BCUT2D eigenvalue weighted by molar-refractivity contribution is -0.125. The maximum atomic E-state index is 11.6. The molecule has 0 spiro atoms. The van der Waals surface area contributed by atoms with Crippen molar-refractivity contribution in [3.63, 3.8) is 0 Å². The van der Waals surface area contributed by atoms with Crippen LogP contribution in [-0.4, -0.2) is 12.5 Å². The third-order valence-corrected chi connectivity index (χ3v) is 2.51. The molecule has 1 aliphatic heterocycles. The quantitative estimate of drug-likeness (QED) is 0.664. The van der Waals surface area contributed by atoms with E-state index in [-0.39, 0.29) is 17.2 Å². The second kappa shape index (κ2) is 4.12. The molecule has 2 heteroatoms. The van der Waals surface area contributed by atoms with Crippen molar-refractivity contribution < 1.29 is 4.79 Å². The molecule has 0 saturated carbocycles. The summed E-state index contributed by atoms with van der Waals surface area (Å²) in [6.07, 6.45) is 4.42. The molecule has 1 amide bonds. The highest BCUT2D eigenvalue weighted by atomic mass is 16.1. The summed E-state index contributed by atoms with van der Waals surface area (Å²) in [4.78, 5) is 11.6. The molecule has 1 aliphatic rings. The molecule has 0 aromatic carbocycles. The van der Waals surface area contributed by atoms with E-state index < -0.39 is 0 Å². The van der Waals surface area contributed by atoms with Gasteiger partial charge in [-0.25, -0.2) is 0 Å². The van der Waals surface area contributed by atoms with E-state index in [1.807, 2.05) is 0 Å². The number of carbonyl (C=O) groups is 1. The molecule has 1 saturated heterocycles. The Morgan fingerprint density at radius 2 is 2.08 bits per heavy atom. The van der Waals surface area contributed by atoms with Gasteiger partial charge in [0.2, 0.25) is 5.91 Å². The molecule has 1 rings (SSSR count). The third-order valence-electron chi connectivity index (χ3n) is 2.51. The maximum Gasteiger partial charge on any atom is 0.223 e. The zero-order chi connectivity index (χ0) is 9.90. The van der Waals surface area contributed by atoms with E-state index in [1.54, 1.807) is 0 Å². The fourth-order valence-electron chi connectivity index (χ4n) is 1.94. The van der Waals surface area contributed by atoms with Crippen LogP contribution in [0.5, 0.6) is 0 Å². The summed E-state index contributed by atoms with van der Waals surface area (Å²) in [5.74, 6) is 0.523. The van der Waals surface area contributed by atoms with Gasteiger partial charge in [-0.2, -0.15) is 0 Å². The lowest BCUT2D eigenvalue weighted by atomic mass is 9.82. The van der Waals surface area contributed by atoms with Gasteiger partial charge >= 0.3 is 0 Å². The van der Waals surface area contributed by atoms with E-state index >= 15 is 0 Å². The molecule has 0 aliphatic carbocycles. The van der Waals surface area contributed by atoms with Crippen LogP contribution in [0.15, 0.2) is 0 Å². The third kappa shape index (κ3) is 3.79. The van der Waals surface area contributed by atoms with E-state index in [4.69, 9.17) is 0 Å². The minimum Gasteiger partial charge on any atom is -0.356 e. The van der Waals surface area contributed by atoms with Gasteiger partial charge in [0.1, 0.15) is 0 Å². The van der Waals surface area contributed by atoms with E-state index in [1.165, 1.54) is 6.42 Å². The first kappa shape index (κ1) is 10.6. The van der Waals surface area contributed by atoms with Crippen LogP contribution in [0.4, 0.5) is 0 Å². The zero-order valence-corrected chi connectivity index (χ0v) is 9.02. The second-order valence-corrected chi connectivity index (χ2v) is 5.25. The summed E-state index contributed by atoms with van der Waals surface area (Å²) in [7, 11) is 0. The Morgan fingerprint density at radius 1 is 1.38 bits per heavy atom. The Kier molecular flexibility index (Phi) is 3.34. The second-order valence-electron chi connectivity index (χ2n) is 5.25. The predicted molar refractivity (Wildman–Crippen MR) is 54.4 cm³/mol. The molecule has 1 fully saturated rings. The minimum absolute atomic E-state index is 0.252. The number of hydrogen-bond donors (Lipinski definition) is 1. The van der Waals surface area contributed by atoms with Crippen LogP contribution in [0.2, 0.25) is 0 Å². The van der Waals surface area contributed by atoms with E-state index in [9.17, 15) is 4.79 Å². The molecule has 1 unspecified atom stereocenters. The van der Waals surface area contributed by atoms with Crippen LogP contribution in [0, 0.1) is 11.3 Å². The number of carbonyl (C=O) groups excluding carboxylic acids is 1. The van der Waals surface area contributed by atoms with Gasteiger partial charge in [0, 0.05) is 12.5 Å². The molecule has 2 nitrogen and oxygen atoms in total. The predicted octanol–water partition coefficient (Wildman–Crippen LogP) is 2.34. The van der Waals surface area contributed by atoms with Crippen molar-refractivity contribution >= 4 is 5.91 Å². The molecule has 1 N–H and O–H groups in total. The molecule has 1 heterocycles. The van der Waals surface area contributed by atoms with Gasteiger partial charge in [-0.1, -0.05) is 27.2 Å². The fourth-order valence-corrected chi connectivity index (χ4v) is 1.94. The first-order chi connectivity index (χ1) is 5.99. The molecule has 76 valence electrons. The highest BCUT2D eigenvalue weighted by molar-refractivity contribution is 5.78. The molecule has 13 heavy (non-hydrogen) atoms. The molecule has 0 bridgehead atoms. The van der Waals surface area contributed by atoms with Crippen LogP contribution < -0.4 is 5.32 Å². The van der Waals surface area contributed by atoms with Crippen LogP contribution in [0.1, 0.15) is 46.5 Å². The van der Waals surface area contributed by atoms with Gasteiger partial charge in [0.25, 0.3) is 0 Å². The highest BCUT2D eigenvalue weighted by Crippen LogP contribution is 2.28. The van der Waals surface area contributed by atoms with Crippen LogP contribution in [-0.2, 0) is 4.79 Å². The van der Waals surface area contributed by atoms with E-state index in [0.717, 1.165) is 25.8 Å². The summed E-state index contributed by atoms with van der Waals surface area (Å²) in [5.41, 5.74) is 0.270. The van der Waals surface area contributed by atoms with Gasteiger partial charge in [0.15, 0.2) is 0 Å². The summed E-state index contributed by atoms with van der Waals surface area (Å²) in [6.45, 7) is 7.47. The number of amides is 1. The largest absolute Gasteiger partial charge is 0.356 e. The minimum atomic E-state index is 0.252.